The first-order chi connectivity index (χ1) is 14.0. The van der Waals surface area contributed by atoms with Crippen molar-refractivity contribution in [1.82, 2.24) is 0 Å². The molecule has 5 nitrogen and oxygen atoms in total. The molecule has 2 aromatic rings. The van der Waals surface area contributed by atoms with E-state index in [2.05, 4.69) is 5.32 Å². The van der Waals surface area contributed by atoms with Gasteiger partial charge in [-0.1, -0.05) is 29.8 Å². The number of para-hydroxylation sites is 1. The number of hydrogen-bond donors (Lipinski definition) is 3. The minimum absolute atomic E-state index is 0.109. The number of aryl methyl sites for hydroxylation is 2. The molecule has 1 amide bonds. The van der Waals surface area contributed by atoms with Crippen LogP contribution in [0.25, 0.3) is 0 Å². The smallest absolute Gasteiger partial charge is 0.279 e. The summed E-state index contributed by atoms with van der Waals surface area (Å²) in [6, 6.07) is 13.6. The van der Waals surface area contributed by atoms with E-state index in [1.165, 1.54) is 4.90 Å². The molecule has 1 aliphatic rings. The third-order valence-corrected chi connectivity index (χ3v) is 5.83. The van der Waals surface area contributed by atoms with Crippen molar-refractivity contribution < 1.29 is 19.3 Å². The first-order valence-electron chi connectivity index (χ1n) is 10.4. The number of hydrogen-bond acceptors (Lipinski definition) is 2. The van der Waals surface area contributed by atoms with E-state index < -0.39 is 0 Å². The van der Waals surface area contributed by atoms with E-state index in [1.807, 2.05) is 56.3 Å². The van der Waals surface area contributed by atoms with E-state index in [1.54, 1.807) is 4.90 Å². The molecule has 0 saturated carbocycles. The molecule has 0 atom stereocenters. The number of benzene rings is 2. The fraction of sp³-hybridized carbons (Fsp3) is 0.435. The molecule has 3 rings (SSSR count). The third-order valence-electron chi connectivity index (χ3n) is 5.58. The van der Waals surface area contributed by atoms with Gasteiger partial charge in [0.1, 0.15) is 31.9 Å². The Morgan fingerprint density at radius 2 is 1.62 bits per heavy atom. The van der Waals surface area contributed by atoms with Crippen LogP contribution in [-0.2, 0) is 4.79 Å². The normalized spacial score (nSPS) is 19.0. The van der Waals surface area contributed by atoms with Crippen LogP contribution in [0.4, 0.5) is 5.69 Å². The average Bonchev–Trinajstić information content (AvgIpc) is 2.71. The van der Waals surface area contributed by atoms with Gasteiger partial charge in [0, 0.05) is 17.1 Å². The van der Waals surface area contributed by atoms with Gasteiger partial charge in [0.05, 0.1) is 13.2 Å². The molecule has 29 heavy (non-hydrogen) atoms. The zero-order valence-corrected chi connectivity index (χ0v) is 18.1. The maximum absolute atomic E-state index is 12.5. The van der Waals surface area contributed by atoms with Crippen LogP contribution < -0.4 is 19.9 Å². The molecule has 1 saturated heterocycles. The van der Waals surface area contributed by atoms with Crippen molar-refractivity contribution in [2.45, 2.75) is 20.3 Å². The Hall–Kier alpha value is -2.08. The molecule has 1 heterocycles. The molecular weight excluding hydrogens is 386 g/mol. The highest BCUT2D eigenvalue weighted by Crippen LogP contribution is 2.19. The third kappa shape index (κ3) is 6.74. The molecular formula is C23H32ClN3O2+2. The highest BCUT2D eigenvalue weighted by molar-refractivity contribution is 6.30. The molecule has 0 aliphatic carbocycles. The lowest BCUT2D eigenvalue weighted by molar-refractivity contribution is -1.01. The molecule has 1 fully saturated rings. The largest absolute Gasteiger partial charge is 0.493 e. The van der Waals surface area contributed by atoms with E-state index in [0.29, 0.717) is 6.54 Å². The molecule has 0 spiro atoms. The Kier molecular flexibility index (Phi) is 7.92. The molecule has 0 radical (unpaired) electrons. The fourth-order valence-electron chi connectivity index (χ4n) is 3.85. The van der Waals surface area contributed by atoms with Crippen LogP contribution >= 0.6 is 11.6 Å². The van der Waals surface area contributed by atoms with E-state index >= 15 is 0 Å². The lowest BCUT2D eigenvalue weighted by atomic mass is 10.1. The van der Waals surface area contributed by atoms with Crippen LogP contribution in [0.3, 0.4) is 0 Å². The summed E-state index contributed by atoms with van der Waals surface area (Å²) in [5, 5.41) is 3.83. The van der Waals surface area contributed by atoms with Crippen LogP contribution in [0.5, 0.6) is 5.75 Å². The van der Waals surface area contributed by atoms with Crippen LogP contribution in [-0.4, -0.2) is 51.8 Å². The SMILES string of the molecule is Cc1cccc(C)c1NC(=O)C[NH+]1CC[NH+](CCCOc2ccc(Cl)cc2)CC1. The van der Waals surface area contributed by atoms with Gasteiger partial charge in [0.2, 0.25) is 0 Å². The fourth-order valence-corrected chi connectivity index (χ4v) is 3.98. The summed E-state index contributed by atoms with van der Waals surface area (Å²) in [5.74, 6) is 0.978. The zero-order valence-electron chi connectivity index (χ0n) is 17.4. The van der Waals surface area contributed by atoms with Crippen molar-refractivity contribution in [2.24, 2.45) is 0 Å². The number of quaternary nitrogens is 2. The predicted octanol–water partition coefficient (Wildman–Crippen LogP) is 1.15. The van der Waals surface area contributed by atoms with Crippen molar-refractivity contribution in [1.29, 1.82) is 0 Å². The van der Waals surface area contributed by atoms with Gasteiger partial charge in [0.25, 0.3) is 5.91 Å². The maximum atomic E-state index is 12.5. The number of rotatable bonds is 8. The van der Waals surface area contributed by atoms with Crippen LogP contribution in [0.1, 0.15) is 17.5 Å². The van der Waals surface area contributed by atoms with Crippen molar-refractivity contribution >= 4 is 23.2 Å². The molecule has 2 aromatic carbocycles. The van der Waals surface area contributed by atoms with E-state index in [9.17, 15) is 4.79 Å². The second-order valence-electron chi connectivity index (χ2n) is 7.90. The Morgan fingerprint density at radius 1 is 1.00 bits per heavy atom. The monoisotopic (exact) mass is 417 g/mol. The molecule has 3 N–H and O–H groups in total. The van der Waals surface area contributed by atoms with E-state index in [4.69, 9.17) is 16.3 Å². The summed E-state index contributed by atoms with van der Waals surface area (Å²) in [4.78, 5) is 15.4. The summed E-state index contributed by atoms with van der Waals surface area (Å²) < 4.78 is 5.77. The Labute approximate surface area is 178 Å². The number of ether oxygens (including phenoxy) is 1. The maximum Gasteiger partial charge on any atom is 0.279 e. The predicted molar refractivity (Wildman–Crippen MR) is 117 cm³/mol. The second kappa shape index (κ2) is 10.6. The Balaban J connectivity index is 1.32. The number of halogens is 1. The van der Waals surface area contributed by atoms with E-state index in [-0.39, 0.29) is 5.91 Å². The first-order valence-corrected chi connectivity index (χ1v) is 10.8. The number of carbonyl (C=O) groups is 1. The van der Waals surface area contributed by atoms with Gasteiger partial charge in [0.15, 0.2) is 6.54 Å². The van der Waals surface area contributed by atoms with E-state index in [0.717, 1.165) is 73.3 Å². The van der Waals surface area contributed by atoms with Crippen molar-refractivity contribution in [3.05, 3.63) is 58.6 Å². The minimum atomic E-state index is 0.109. The Morgan fingerprint density at radius 3 is 2.28 bits per heavy atom. The highest BCUT2D eigenvalue weighted by Gasteiger charge is 2.24. The van der Waals surface area contributed by atoms with Crippen LogP contribution in [0.2, 0.25) is 5.02 Å². The quantitative estimate of drug-likeness (QED) is 0.564. The molecule has 6 heteroatoms. The van der Waals surface area contributed by atoms with Gasteiger partial charge >= 0.3 is 0 Å². The van der Waals surface area contributed by atoms with Crippen molar-refractivity contribution in [3.8, 4) is 5.75 Å². The summed E-state index contributed by atoms with van der Waals surface area (Å²) in [5.41, 5.74) is 3.19. The topological polar surface area (TPSA) is 47.2 Å². The lowest BCUT2D eigenvalue weighted by Gasteiger charge is -2.29. The van der Waals surface area contributed by atoms with Crippen LogP contribution in [0, 0.1) is 13.8 Å². The van der Waals surface area contributed by atoms with Crippen molar-refractivity contribution in [3.63, 3.8) is 0 Å². The molecule has 1 aliphatic heterocycles. The number of nitrogens with one attached hydrogen (secondary N) is 3. The van der Waals surface area contributed by atoms with Gasteiger partial charge in [-0.15, -0.1) is 0 Å². The average molecular weight is 418 g/mol. The number of amides is 1. The van der Waals surface area contributed by atoms with Crippen molar-refractivity contribution in [2.75, 3.05) is 51.2 Å². The summed E-state index contributed by atoms with van der Waals surface area (Å²) >= 11 is 5.89. The number of carbonyl (C=O) groups excluding carboxylic acids is 1. The molecule has 0 bridgehead atoms. The summed E-state index contributed by atoms with van der Waals surface area (Å²) in [7, 11) is 0. The first kappa shape index (κ1) is 21.6. The van der Waals surface area contributed by atoms with Gasteiger partial charge < -0.3 is 19.9 Å². The Bertz CT molecular complexity index is 782. The number of anilines is 1. The van der Waals surface area contributed by atoms with Gasteiger partial charge in [-0.25, -0.2) is 0 Å². The van der Waals surface area contributed by atoms with Gasteiger partial charge in [-0.05, 0) is 49.2 Å². The van der Waals surface area contributed by atoms with Crippen LogP contribution in [0.15, 0.2) is 42.5 Å². The molecule has 0 unspecified atom stereocenters. The summed E-state index contributed by atoms with van der Waals surface area (Å²) in [6.45, 7) is 10.7. The molecule has 0 aromatic heterocycles. The standard InChI is InChI=1S/C23H30ClN3O2/c1-18-5-3-6-19(2)23(18)25-22(28)17-27-14-12-26(13-15-27)11-4-16-29-21-9-7-20(24)8-10-21/h3,5-10H,4,11-17H2,1-2H3,(H,25,28)/p+2. The number of piperazine rings is 1. The highest BCUT2D eigenvalue weighted by atomic mass is 35.5. The second-order valence-corrected chi connectivity index (χ2v) is 8.33. The lowest BCUT2D eigenvalue weighted by Crippen LogP contribution is -3.28. The van der Waals surface area contributed by atoms with Gasteiger partial charge in [-0.2, -0.15) is 0 Å². The zero-order chi connectivity index (χ0) is 20.6. The summed E-state index contributed by atoms with van der Waals surface area (Å²) in [6.07, 6.45) is 1.03. The molecule has 156 valence electrons. The van der Waals surface area contributed by atoms with Gasteiger partial charge in [-0.3, -0.25) is 4.79 Å². The minimum Gasteiger partial charge on any atom is -0.493 e.